The van der Waals surface area contributed by atoms with Gasteiger partial charge in [0.2, 0.25) is 0 Å². The van der Waals surface area contributed by atoms with E-state index in [4.69, 9.17) is 0 Å². The molecule has 24 heavy (non-hydrogen) atoms. The van der Waals surface area contributed by atoms with Crippen LogP contribution in [0.4, 0.5) is 4.39 Å². The van der Waals surface area contributed by atoms with E-state index in [1.54, 1.807) is 24.3 Å². The number of hydrogen-bond donors (Lipinski definition) is 1. The van der Waals surface area contributed by atoms with Crippen LogP contribution >= 0.6 is 0 Å². The fraction of sp³-hybridized carbons (Fsp3) is 0. The lowest BCUT2D eigenvalue weighted by molar-refractivity contribution is 0.628. The summed E-state index contributed by atoms with van der Waals surface area (Å²) in [6.07, 6.45) is 0. The van der Waals surface area contributed by atoms with Crippen LogP contribution in [-0.4, -0.2) is 9.97 Å². The van der Waals surface area contributed by atoms with E-state index in [0.717, 1.165) is 16.7 Å². The van der Waals surface area contributed by atoms with Crippen LogP contribution in [0, 0.1) is 5.82 Å². The Morgan fingerprint density at radius 3 is 2.42 bits per heavy atom. The molecule has 1 N–H and O–H groups in total. The van der Waals surface area contributed by atoms with Crippen molar-refractivity contribution in [2.45, 2.75) is 0 Å². The number of para-hydroxylation sites is 1. The summed E-state index contributed by atoms with van der Waals surface area (Å²) in [6, 6.07) is 21.1. The van der Waals surface area contributed by atoms with E-state index in [1.807, 2.05) is 36.4 Å². The topological polar surface area (TPSA) is 45.8 Å². The molecule has 3 nitrogen and oxygen atoms in total. The molecule has 0 amide bonds. The molecule has 1 aromatic heterocycles. The third kappa shape index (κ3) is 2.48. The van der Waals surface area contributed by atoms with Gasteiger partial charge in [-0.05, 0) is 35.4 Å². The molecule has 0 unspecified atom stereocenters. The zero-order valence-corrected chi connectivity index (χ0v) is 12.7. The second-order valence-corrected chi connectivity index (χ2v) is 5.49. The highest BCUT2D eigenvalue weighted by atomic mass is 19.1. The number of aromatic nitrogens is 2. The SMILES string of the molecule is O=c1[nH]c(-c2ccccc2-c2cccc(F)c2)nc2ccccc12. The van der Waals surface area contributed by atoms with Gasteiger partial charge in [-0.1, -0.05) is 48.5 Å². The number of fused-ring (bicyclic) bond motifs is 1. The number of hydrogen-bond acceptors (Lipinski definition) is 2. The largest absolute Gasteiger partial charge is 0.306 e. The molecule has 116 valence electrons. The number of nitrogens with one attached hydrogen (secondary N) is 1. The molecule has 4 rings (SSSR count). The molecule has 1 heterocycles. The number of halogens is 1. The first-order valence-corrected chi connectivity index (χ1v) is 7.57. The minimum atomic E-state index is -0.303. The van der Waals surface area contributed by atoms with Crippen LogP contribution in [0.2, 0.25) is 0 Å². The summed E-state index contributed by atoms with van der Waals surface area (Å²) in [5, 5.41) is 0.546. The van der Waals surface area contributed by atoms with E-state index in [2.05, 4.69) is 9.97 Å². The monoisotopic (exact) mass is 316 g/mol. The Balaban J connectivity index is 1.97. The summed E-state index contributed by atoms with van der Waals surface area (Å²) in [5.41, 5.74) is 2.75. The number of nitrogens with zero attached hydrogens (tertiary/aromatic N) is 1. The van der Waals surface area contributed by atoms with Gasteiger partial charge in [0.25, 0.3) is 5.56 Å². The van der Waals surface area contributed by atoms with Crippen molar-refractivity contribution in [1.82, 2.24) is 9.97 Å². The highest BCUT2D eigenvalue weighted by Crippen LogP contribution is 2.30. The van der Waals surface area contributed by atoms with Crippen molar-refractivity contribution in [2.24, 2.45) is 0 Å². The van der Waals surface area contributed by atoms with Gasteiger partial charge in [0.05, 0.1) is 10.9 Å². The van der Waals surface area contributed by atoms with Gasteiger partial charge >= 0.3 is 0 Å². The zero-order chi connectivity index (χ0) is 16.5. The highest BCUT2D eigenvalue weighted by molar-refractivity contribution is 5.84. The maximum atomic E-state index is 13.6. The molecular formula is C20H13FN2O. The van der Waals surface area contributed by atoms with Gasteiger partial charge in [-0.15, -0.1) is 0 Å². The zero-order valence-electron chi connectivity index (χ0n) is 12.7. The average Bonchev–Trinajstić information content (AvgIpc) is 2.62. The van der Waals surface area contributed by atoms with Gasteiger partial charge in [-0.3, -0.25) is 4.79 Å². The fourth-order valence-electron chi connectivity index (χ4n) is 2.81. The van der Waals surface area contributed by atoms with Crippen molar-refractivity contribution in [3.8, 4) is 22.5 Å². The van der Waals surface area contributed by atoms with E-state index in [9.17, 15) is 9.18 Å². The van der Waals surface area contributed by atoms with E-state index in [-0.39, 0.29) is 11.4 Å². The third-order valence-electron chi connectivity index (χ3n) is 3.93. The Labute approximate surface area is 137 Å². The van der Waals surface area contributed by atoms with Crippen LogP contribution in [0.25, 0.3) is 33.4 Å². The minimum Gasteiger partial charge on any atom is -0.306 e. The lowest BCUT2D eigenvalue weighted by Gasteiger charge is -2.10. The second-order valence-electron chi connectivity index (χ2n) is 5.49. The first kappa shape index (κ1) is 14.3. The van der Waals surface area contributed by atoms with Crippen LogP contribution < -0.4 is 5.56 Å². The second kappa shape index (κ2) is 5.74. The van der Waals surface area contributed by atoms with Gasteiger partial charge in [-0.25, -0.2) is 9.37 Å². The Morgan fingerprint density at radius 2 is 1.58 bits per heavy atom. The van der Waals surface area contributed by atoms with Crippen molar-refractivity contribution in [2.75, 3.05) is 0 Å². The smallest absolute Gasteiger partial charge is 0.259 e. The van der Waals surface area contributed by atoms with Crippen LogP contribution in [0.15, 0.2) is 77.6 Å². The van der Waals surface area contributed by atoms with Crippen LogP contribution in [0.1, 0.15) is 0 Å². The molecule has 0 atom stereocenters. The van der Waals surface area contributed by atoms with Gasteiger partial charge in [0, 0.05) is 5.56 Å². The summed E-state index contributed by atoms with van der Waals surface area (Å²) >= 11 is 0. The predicted molar refractivity (Wildman–Crippen MR) is 93.2 cm³/mol. The molecule has 0 fully saturated rings. The molecule has 0 bridgehead atoms. The molecule has 4 aromatic rings. The number of benzene rings is 3. The first-order valence-electron chi connectivity index (χ1n) is 7.57. The highest BCUT2D eigenvalue weighted by Gasteiger charge is 2.11. The molecule has 0 aliphatic carbocycles. The van der Waals surface area contributed by atoms with Crippen molar-refractivity contribution in [1.29, 1.82) is 0 Å². The summed E-state index contributed by atoms with van der Waals surface area (Å²) in [7, 11) is 0. The molecule has 0 spiro atoms. The predicted octanol–water partition coefficient (Wildman–Crippen LogP) is 4.40. The van der Waals surface area contributed by atoms with Crippen molar-refractivity contribution in [3.05, 3.63) is 89.0 Å². The van der Waals surface area contributed by atoms with Gasteiger partial charge in [0.15, 0.2) is 0 Å². The summed E-state index contributed by atoms with van der Waals surface area (Å²) in [6.45, 7) is 0. The first-order chi connectivity index (χ1) is 11.7. The normalized spacial score (nSPS) is 10.9. The molecule has 3 aromatic carbocycles. The minimum absolute atomic E-state index is 0.190. The summed E-state index contributed by atoms with van der Waals surface area (Å²) < 4.78 is 13.6. The fourth-order valence-corrected chi connectivity index (χ4v) is 2.81. The molecule has 0 aliphatic heterocycles. The number of rotatable bonds is 2. The standard InChI is InChI=1S/C20H13FN2O/c21-14-7-5-6-13(12-14)15-8-1-2-9-16(15)19-22-18-11-4-3-10-17(18)20(24)23-19/h1-12H,(H,22,23,24). The van der Waals surface area contributed by atoms with E-state index in [0.29, 0.717) is 16.7 Å². The third-order valence-corrected chi connectivity index (χ3v) is 3.93. The Hall–Kier alpha value is -3.27. The number of H-pyrrole nitrogens is 1. The average molecular weight is 316 g/mol. The molecule has 0 saturated carbocycles. The van der Waals surface area contributed by atoms with E-state index < -0.39 is 0 Å². The summed E-state index contributed by atoms with van der Waals surface area (Å²) in [5.74, 6) is 0.167. The summed E-state index contributed by atoms with van der Waals surface area (Å²) in [4.78, 5) is 19.7. The molecule has 0 saturated heterocycles. The van der Waals surface area contributed by atoms with Gasteiger partial charge < -0.3 is 4.98 Å². The Morgan fingerprint density at radius 1 is 0.833 bits per heavy atom. The maximum Gasteiger partial charge on any atom is 0.259 e. The lowest BCUT2D eigenvalue weighted by Crippen LogP contribution is -2.09. The Bertz CT molecular complexity index is 1100. The van der Waals surface area contributed by atoms with Gasteiger partial charge in [-0.2, -0.15) is 0 Å². The lowest BCUT2D eigenvalue weighted by atomic mass is 9.99. The number of aromatic amines is 1. The molecular weight excluding hydrogens is 303 g/mol. The molecule has 0 aliphatic rings. The van der Waals surface area contributed by atoms with E-state index in [1.165, 1.54) is 12.1 Å². The maximum absolute atomic E-state index is 13.6. The van der Waals surface area contributed by atoms with Crippen LogP contribution in [-0.2, 0) is 0 Å². The quantitative estimate of drug-likeness (QED) is 0.596. The van der Waals surface area contributed by atoms with E-state index >= 15 is 0 Å². The van der Waals surface area contributed by atoms with Crippen LogP contribution in [0.3, 0.4) is 0 Å². The van der Waals surface area contributed by atoms with Crippen molar-refractivity contribution < 1.29 is 4.39 Å². The van der Waals surface area contributed by atoms with Gasteiger partial charge in [0.1, 0.15) is 11.6 Å². The van der Waals surface area contributed by atoms with Crippen molar-refractivity contribution >= 4 is 10.9 Å². The van der Waals surface area contributed by atoms with Crippen LogP contribution in [0.5, 0.6) is 0 Å². The Kier molecular flexibility index (Phi) is 3.43. The molecule has 0 radical (unpaired) electrons. The molecule has 4 heteroatoms. The van der Waals surface area contributed by atoms with Crippen molar-refractivity contribution in [3.63, 3.8) is 0 Å².